The first-order valence-corrected chi connectivity index (χ1v) is 32.9. The van der Waals surface area contributed by atoms with Gasteiger partial charge >= 0.3 is 17.9 Å². The minimum Gasteiger partial charge on any atom is -0.462 e. The lowest BCUT2D eigenvalue weighted by molar-refractivity contribution is -0.167. The highest BCUT2D eigenvalue weighted by Gasteiger charge is 2.19. The van der Waals surface area contributed by atoms with Crippen molar-refractivity contribution in [3.05, 3.63) is 72.9 Å². The second-order valence-electron chi connectivity index (χ2n) is 22.0. The highest BCUT2D eigenvalue weighted by Crippen LogP contribution is 2.17. The van der Waals surface area contributed by atoms with Gasteiger partial charge in [0.25, 0.3) is 0 Å². The number of allylic oxidation sites excluding steroid dienone is 12. The van der Waals surface area contributed by atoms with E-state index < -0.39 is 6.10 Å². The molecule has 0 spiro atoms. The van der Waals surface area contributed by atoms with Crippen molar-refractivity contribution >= 4 is 17.9 Å². The Morgan fingerprint density at radius 1 is 0.276 bits per heavy atom. The Bertz CT molecular complexity index is 1400. The maximum Gasteiger partial charge on any atom is 0.306 e. The van der Waals surface area contributed by atoms with Gasteiger partial charge in [0, 0.05) is 19.3 Å². The van der Waals surface area contributed by atoms with Gasteiger partial charge in [-0.2, -0.15) is 0 Å². The van der Waals surface area contributed by atoms with Crippen molar-refractivity contribution in [1.29, 1.82) is 0 Å². The van der Waals surface area contributed by atoms with Crippen molar-refractivity contribution in [3.8, 4) is 0 Å². The molecule has 0 rings (SSSR count). The van der Waals surface area contributed by atoms with Gasteiger partial charge in [0.1, 0.15) is 13.2 Å². The number of esters is 3. The SMILES string of the molecule is CC/C=C\C/C=C\C/C=C\C/C=C\C/C=C\C/C=C\CCCCCCCCCCCCCCCCC(=O)OCC(COC(=O)CCCCCCCCCCC)OC(=O)CCCCCCCCCCCCCCCCCC. The van der Waals surface area contributed by atoms with Crippen LogP contribution in [0.5, 0.6) is 0 Å². The van der Waals surface area contributed by atoms with E-state index in [4.69, 9.17) is 14.2 Å². The number of hydrogen-bond acceptors (Lipinski definition) is 6. The fourth-order valence-corrected chi connectivity index (χ4v) is 9.57. The standard InChI is InChI=1S/C70H124O6/c1-4-7-10-13-16-19-21-23-25-27-28-29-30-31-32-33-34-35-36-37-38-39-40-41-42-43-45-46-48-51-54-57-60-63-69(72)75-66-67(65-74-68(71)62-59-56-53-50-18-15-12-9-6-3)76-70(73)64-61-58-55-52-49-47-44-26-24-22-20-17-14-11-8-5-2/h7,10,16,19,23,25,28-29,31-32,34-35,67H,4-6,8-9,11-15,17-18,20-22,24,26-27,30,33,36-66H2,1-3H3/b10-7-,19-16-,25-23-,29-28-,32-31-,35-34-. The van der Waals surface area contributed by atoms with E-state index in [0.29, 0.717) is 19.3 Å². The van der Waals surface area contributed by atoms with Crippen LogP contribution in [0.4, 0.5) is 0 Å². The summed E-state index contributed by atoms with van der Waals surface area (Å²) in [5.74, 6) is -0.854. The van der Waals surface area contributed by atoms with E-state index in [-0.39, 0.29) is 31.1 Å². The molecule has 0 aromatic heterocycles. The van der Waals surface area contributed by atoms with E-state index in [1.807, 2.05) is 0 Å². The zero-order valence-electron chi connectivity index (χ0n) is 50.5. The monoisotopic (exact) mass is 1060 g/mol. The summed E-state index contributed by atoms with van der Waals surface area (Å²) < 4.78 is 16.9. The first kappa shape index (κ1) is 72.8. The van der Waals surface area contributed by atoms with Crippen LogP contribution in [0.2, 0.25) is 0 Å². The quantitative estimate of drug-likeness (QED) is 0.0261. The zero-order valence-corrected chi connectivity index (χ0v) is 50.5. The van der Waals surface area contributed by atoms with E-state index >= 15 is 0 Å². The summed E-state index contributed by atoms with van der Waals surface area (Å²) in [6.45, 7) is 6.55. The lowest BCUT2D eigenvalue weighted by Gasteiger charge is -2.18. The van der Waals surface area contributed by atoms with Crippen molar-refractivity contribution in [2.45, 2.75) is 341 Å². The molecule has 0 aromatic rings. The Hall–Kier alpha value is -3.15. The average molecular weight is 1060 g/mol. The van der Waals surface area contributed by atoms with Crippen LogP contribution in [0, 0.1) is 0 Å². The third kappa shape index (κ3) is 61.7. The minimum atomic E-state index is -0.769. The van der Waals surface area contributed by atoms with E-state index in [1.165, 1.54) is 199 Å². The third-order valence-corrected chi connectivity index (χ3v) is 14.5. The number of hydrogen-bond donors (Lipinski definition) is 0. The molecule has 0 fully saturated rings. The second kappa shape index (κ2) is 64.4. The molecule has 0 N–H and O–H groups in total. The Morgan fingerprint density at radius 2 is 0.513 bits per heavy atom. The predicted molar refractivity (Wildman–Crippen MR) is 330 cm³/mol. The van der Waals surface area contributed by atoms with E-state index in [0.717, 1.165) is 96.3 Å². The van der Waals surface area contributed by atoms with Gasteiger partial charge in [0.05, 0.1) is 0 Å². The number of rotatable bonds is 60. The van der Waals surface area contributed by atoms with Crippen LogP contribution in [0.25, 0.3) is 0 Å². The molecule has 0 aliphatic rings. The Kier molecular flexibility index (Phi) is 61.7. The largest absolute Gasteiger partial charge is 0.462 e. The number of carbonyl (C=O) groups excluding carboxylic acids is 3. The Balaban J connectivity index is 4.08. The normalized spacial score (nSPS) is 12.5. The van der Waals surface area contributed by atoms with Crippen molar-refractivity contribution in [3.63, 3.8) is 0 Å². The summed E-state index contributed by atoms with van der Waals surface area (Å²) in [6.07, 6.45) is 83.6. The lowest BCUT2D eigenvalue weighted by atomic mass is 10.0. The van der Waals surface area contributed by atoms with Crippen LogP contribution in [0.3, 0.4) is 0 Å². The number of unbranched alkanes of at least 4 members (excludes halogenated alkanes) is 37. The van der Waals surface area contributed by atoms with Gasteiger partial charge < -0.3 is 14.2 Å². The molecule has 0 amide bonds. The molecule has 1 atom stereocenters. The lowest BCUT2D eigenvalue weighted by Crippen LogP contribution is -2.30. The highest BCUT2D eigenvalue weighted by atomic mass is 16.6. The van der Waals surface area contributed by atoms with Gasteiger partial charge in [-0.3, -0.25) is 14.4 Å². The fourth-order valence-electron chi connectivity index (χ4n) is 9.57. The molecule has 6 nitrogen and oxygen atoms in total. The smallest absolute Gasteiger partial charge is 0.306 e. The molecule has 0 radical (unpaired) electrons. The van der Waals surface area contributed by atoms with Crippen LogP contribution in [0.15, 0.2) is 72.9 Å². The maximum atomic E-state index is 12.9. The third-order valence-electron chi connectivity index (χ3n) is 14.5. The summed E-state index contributed by atoms with van der Waals surface area (Å²) >= 11 is 0. The summed E-state index contributed by atoms with van der Waals surface area (Å²) in [7, 11) is 0. The average Bonchev–Trinajstić information content (AvgIpc) is 3.42. The summed E-state index contributed by atoms with van der Waals surface area (Å²) in [6, 6.07) is 0. The predicted octanol–water partition coefficient (Wildman–Crippen LogP) is 22.5. The summed E-state index contributed by atoms with van der Waals surface area (Å²) in [5, 5.41) is 0. The fraction of sp³-hybridized carbons (Fsp3) is 0.786. The molecule has 76 heavy (non-hydrogen) atoms. The topological polar surface area (TPSA) is 78.9 Å². The van der Waals surface area contributed by atoms with Crippen molar-refractivity contribution in [2.24, 2.45) is 0 Å². The van der Waals surface area contributed by atoms with Crippen LogP contribution < -0.4 is 0 Å². The number of ether oxygens (including phenoxy) is 3. The molecule has 6 heteroatoms. The Labute approximate surface area is 472 Å². The van der Waals surface area contributed by atoms with Gasteiger partial charge in [-0.1, -0.05) is 318 Å². The zero-order chi connectivity index (χ0) is 55.0. The van der Waals surface area contributed by atoms with E-state index in [2.05, 4.69) is 93.7 Å². The molecule has 0 saturated heterocycles. The first-order chi connectivity index (χ1) is 37.5. The summed E-state index contributed by atoms with van der Waals surface area (Å²) in [5.41, 5.74) is 0. The van der Waals surface area contributed by atoms with Gasteiger partial charge in [0.15, 0.2) is 6.10 Å². The highest BCUT2D eigenvalue weighted by molar-refractivity contribution is 5.71. The minimum absolute atomic E-state index is 0.0689. The van der Waals surface area contributed by atoms with Crippen molar-refractivity contribution in [2.75, 3.05) is 13.2 Å². The van der Waals surface area contributed by atoms with Crippen LogP contribution in [0.1, 0.15) is 335 Å². The van der Waals surface area contributed by atoms with Crippen LogP contribution in [-0.4, -0.2) is 37.2 Å². The van der Waals surface area contributed by atoms with E-state index in [1.54, 1.807) is 0 Å². The van der Waals surface area contributed by atoms with Crippen molar-refractivity contribution < 1.29 is 28.6 Å². The van der Waals surface area contributed by atoms with Gasteiger partial charge in [-0.05, 0) is 70.6 Å². The molecule has 440 valence electrons. The molecular formula is C70H124O6. The van der Waals surface area contributed by atoms with Gasteiger partial charge in [0.2, 0.25) is 0 Å². The molecule has 0 aromatic carbocycles. The van der Waals surface area contributed by atoms with Gasteiger partial charge in [-0.25, -0.2) is 0 Å². The molecule has 0 bridgehead atoms. The maximum absolute atomic E-state index is 12.9. The first-order valence-electron chi connectivity index (χ1n) is 32.9. The van der Waals surface area contributed by atoms with Gasteiger partial charge in [-0.15, -0.1) is 0 Å². The molecule has 1 unspecified atom stereocenters. The van der Waals surface area contributed by atoms with Crippen LogP contribution >= 0.6 is 0 Å². The summed E-state index contributed by atoms with van der Waals surface area (Å²) in [4.78, 5) is 38.2. The molecule has 0 aliphatic carbocycles. The Morgan fingerprint density at radius 3 is 0.803 bits per heavy atom. The second-order valence-corrected chi connectivity index (χ2v) is 22.0. The van der Waals surface area contributed by atoms with Crippen molar-refractivity contribution in [1.82, 2.24) is 0 Å². The molecule has 0 aliphatic heterocycles. The number of carbonyl (C=O) groups is 3. The van der Waals surface area contributed by atoms with Crippen LogP contribution in [-0.2, 0) is 28.6 Å². The molecule has 0 saturated carbocycles. The molecule has 0 heterocycles. The van der Waals surface area contributed by atoms with E-state index in [9.17, 15) is 14.4 Å². The molecular weight excluding hydrogens is 937 g/mol.